The maximum atomic E-state index is 13.0. The highest BCUT2D eigenvalue weighted by molar-refractivity contribution is 5.80. The molecule has 0 amide bonds. The van der Waals surface area contributed by atoms with Crippen LogP contribution < -0.4 is 4.74 Å². The monoisotopic (exact) mass is 811 g/mol. The zero-order valence-corrected chi connectivity index (χ0v) is 36.3. The van der Waals surface area contributed by atoms with Crippen molar-refractivity contribution in [3.8, 4) is 5.75 Å². The maximum absolute atomic E-state index is 13.0. The van der Waals surface area contributed by atoms with E-state index in [1.807, 2.05) is 0 Å². The molecular weight excluding hydrogens is 733 g/mol. The topological polar surface area (TPSA) is 150 Å². The molecule has 0 heterocycles. The van der Waals surface area contributed by atoms with Crippen LogP contribution in [-0.2, 0) is 9.59 Å². The van der Waals surface area contributed by atoms with Crippen LogP contribution in [0.25, 0.3) is 0 Å². The zero-order valence-electron chi connectivity index (χ0n) is 36.3. The number of esters is 1. The van der Waals surface area contributed by atoms with Gasteiger partial charge in [-0.2, -0.15) is 0 Å². The molecule has 1 atom stereocenters. The van der Waals surface area contributed by atoms with Gasteiger partial charge in [0.15, 0.2) is 0 Å². The minimum atomic E-state index is -0.653. The maximum Gasteiger partial charge on any atom is 0.318 e. The van der Waals surface area contributed by atoms with Crippen LogP contribution in [0.2, 0.25) is 0 Å². The Morgan fingerprint density at radius 1 is 0.500 bits per heavy atom. The van der Waals surface area contributed by atoms with Crippen molar-refractivity contribution in [1.82, 2.24) is 0 Å². The van der Waals surface area contributed by atoms with E-state index < -0.39 is 27.7 Å². The first-order chi connectivity index (χ1) is 28.2. The number of non-ortho nitro benzene ring substituents is 2. The highest BCUT2D eigenvalue weighted by atomic mass is 16.6. The number of hydrogen-bond acceptors (Lipinski definition) is 7. The number of hydrogen-bond donors (Lipinski definition) is 1. The molecule has 0 saturated carbocycles. The standard InChI is InChI=1S/C30H42N2O6.C18H36O2/c1-2-3-4-5-6-7-8-9-10-11-12-13-14-15-16-29(25-17-19-26(20-18-25)31(34)35)30(33)38-28-23-21-27(22-24-28)32(36)37;1-2-3-4-5-6-7-8-9-10-11-12-13-14-15-16-17-18(19)20/h17-24,29H,2-16H2,1H3;2-17H2,1H3,(H,19,20). The lowest BCUT2D eigenvalue weighted by Crippen LogP contribution is -2.19. The number of unbranched alkanes of at least 4 members (excludes halogenated alkanes) is 27. The van der Waals surface area contributed by atoms with Gasteiger partial charge in [-0.25, -0.2) is 0 Å². The van der Waals surface area contributed by atoms with Gasteiger partial charge in [0, 0.05) is 30.7 Å². The summed E-state index contributed by atoms with van der Waals surface area (Å²) in [7, 11) is 0. The molecule has 0 radical (unpaired) electrons. The molecular formula is C48H78N2O8. The Balaban J connectivity index is 0.000000710. The second-order valence-corrected chi connectivity index (χ2v) is 16.1. The smallest absolute Gasteiger partial charge is 0.318 e. The summed E-state index contributed by atoms with van der Waals surface area (Å²) in [5.74, 6) is -1.46. The Morgan fingerprint density at radius 2 is 0.810 bits per heavy atom. The van der Waals surface area contributed by atoms with E-state index in [4.69, 9.17) is 9.84 Å². The van der Waals surface area contributed by atoms with Crippen LogP contribution in [-0.4, -0.2) is 26.9 Å². The van der Waals surface area contributed by atoms with Gasteiger partial charge in [-0.05, 0) is 30.5 Å². The highest BCUT2D eigenvalue weighted by Crippen LogP contribution is 2.28. The summed E-state index contributed by atoms with van der Waals surface area (Å²) in [4.78, 5) is 44.3. The fourth-order valence-corrected chi connectivity index (χ4v) is 7.26. The summed E-state index contributed by atoms with van der Waals surface area (Å²) in [6.45, 7) is 4.52. The van der Waals surface area contributed by atoms with Gasteiger partial charge >= 0.3 is 11.9 Å². The Morgan fingerprint density at radius 3 is 1.14 bits per heavy atom. The molecule has 2 rings (SSSR count). The quantitative estimate of drug-likeness (QED) is 0.0235. The first-order valence-corrected chi connectivity index (χ1v) is 23.1. The number of carbonyl (C=O) groups excluding carboxylic acids is 1. The lowest BCUT2D eigenvalue weighted by atomic mass is 9.92. The van der Waals surface area contributed by atoms with Crippen LogP contribution in [0, 0.1) is 20.2 Å². The molecule has 1 unspecified atom stereocenters. The second-order valence-electron chi connectivity index (χ2n) is 16.1. The Kier molecular flexibility index (Phi) is 32.6. The van der Waals surface area contributed by atoms with Crippen molar-refractivity contribution in [2.75, 3.05) is 0 Å². The van der Waals surface area contributed by atoms with E-state index >= 15 is 0 Å². The summed E-state index contributed by atoms with van der Waals surface area (Å²) >= 11 is 0. The molecule has 0 aliphatic carbocycles. The van der Waals surface area contributed by atoms with Crippen molar-refractivity contribution in [1.29, 1.82) is 0 Å². The lowest BCUT2D eigenvalue weighted by molar-refractivity contribution is -0.385. The van der Waals surface area contributed by atoms with Crippen LogP contribution >= 0.6 is 0 Å². The minimum Gasteiger partial charge on any atom is -0.481 e. The van der Waals surface area contributed by atoms with E-state index in [2.05, 4.69) is 13.8 Å². The Bertz CT molecular complexity index is 1330. The first-order valence-electron chi connectivity index (χ1n) is 23.1. The number of ether oxygens (including phenoxy) is 1. The van der Waals surface area contributed by atoms with Crippen molar-refractivity contribution >= 4 is 23.3 Å². The number of nitro benzene ring substituents is 2. The number of benzene rings is 2. The molecule has 10 heteroatoms. The number of nitro groups is 2. The number of carboxylic acids is 1. The van der Waals surface area contributed by atoms with Crippen LogP contribution in [0.5, 0.6) is 5.75 Å². The van der Waals surface area contributed by atoms with Gasteiger partial charge in [-0.1, -0.05) is 206 Å². The van der Waals surface area contributed by atoms with Gasteiger partial charge in [-0.3, -0.25) is 29.8 Å². The van der Waals surface area contributed by atoms with Gasteiger partial charge in [0.05, 0.1) is 15.8 Å². The highest BCUT2D eigenvalue weighted by Gasteiger charge is 2.24. The van der Waals surface area contributed by atoms with Gasteiger partial charge in [-0.15, -0.1) is 0 Å². The summed E-state index contributed by atoms with van der Waals surface area (Å²) in [5.41, 5.74) is 0.545. The molecule has 2 aromatic carbocycles. The van der Waals surface area contributed by atoms with Crippen LogP contribution in [0.1, 0.15) is 224 Å². The van der Waals surface area contributed by atoms with Crippen molar-refractivity contribution in [2.45, 2.75) is 219 Å². The average molecular weight is 811 g/mol. The van der Waals surface area contributed by atoms with E-state index in [9.17, 15) is 29.8 Å². The first kappa shape index (κ1) is 52.2. The summed E-state index contributed by atoms with van der Waals surface area (Å²) in [6.07, 6.45) is 38.2. The fraction of sp³-hybridized carbons (Fsp3) is 0.708. The number of rotatable bonds is 36. The predicted octanol–water partition coefficient (Wildman–Crippen LogP) is 15.4. The number of aliphatic carboxylic acids is 1. The summed E-state index contributed by atoms with van der Waals surface area (Å²) in [5, 5.41) is 30.4. The average Bonchev–Trinajstić information content (AvgIpc) is 3.21. The van der Waals surface area contributed by atoms with Crippen LogP contribution in [0.4, 0.5) is 11.4 Å². The van der Waals surface area contributed by atoms with Crippen LogP contribution in [0.3, 0.4) is 0 Å². The van der Waals surface area contributed by atoms with Crippen molar-refractivity contribution < 1.29 is 29.3 Å². The van der Waals surface area contributed by atoms with Gasteiger partial charge in [0.25, 0.3) is 11.4 Å². The molecule has 0 aliphatic rings. The number of nitrogens with zero attached hydrogens (tertiary/aromatic N) is 2. The minimum absolute atomic E-state index is 0.0345. The summed E-state index contributed by atoms with van der Waals surface area (Å²) in [6, 6.07) is 11.4. The molecule has 2 aromatic rings. The van der Waals surface area contributed by atoms with Gasteiger partial charge in [0.2, 0.25) is 0 Å². The van der Waals surface area contributed by atoms with E-state index in [0.717, 1.165) is 32.1 Å². The molecule has 0 aromatic heterocycles. The fourth-order valence-electron chi connectivity index (χ4n) is 7.26. The Labute approximate surface area is 350 Å². The van der Waals surface area contributed by atoms with Gasteiger partial charge < -0.3 is 9.84 Å². The third-order valence-electron chi connectivity index (χ3n) is 10.9. The molecule has 0 saturated heterocycles. The molecule has 0 bridgehead atoms. The van der Waals surface area contributed by atoms with Crippen molar-refractivity contribution in [3.05, 3.63) is 74.3 Å². The normalized spacial score (nSPS) is 11.4. The third-order valence-corrected chi connectivity index (χ3v) is 10.9. The molecule has 58 heavy (non-hydrogen) atoms. The number of carbonyl (C=O) groups is 2. The largest absolute Gasteiger partial charge is 0.481 e. The molecule has 10 nitrogen and oxygen atoms in total. The molecule has 0 spiro atoms. The van der Waals surface area contributed by atoms with E-state index in [1.165, 1.54) is 190 Å². The van der Waals surface area contributed by atoms with Crippen molar-refractivity contribution in [3.63, 3.8) is 0 Å². The van der Waals surface area contributed by atoms with E-state index in [0.29, 0.717) is 18.4 Å². The predicted molar refractivity (Wildman–Crippen MR) is 237 cm³/mol. The molecule has 1 N–H and O–H groups in total. The van der Waals surface area contributed by atoms with E-state index in [1.54, 1.807) is 12.1 Å². The Hall–Kier alpha value is -3.82. The second kappa shape index (κ2) is 36.3. The summed E-state index contributed by atoms with van der Waals surface area (Å²) < 4.78 is 5.52. The lowest BCUT2D eigenvalue weighted by Gasteiger charge is -2.16. The third kappa shape index (κ3) is 28.6. The van der Waals surface area contributed by atoms with E-state index in [-0.39, 0.29) is 17.1 Å². The molecule has 0 aliphatic heterocycles. The molecule has 0 fully saturated rings. The number of carboxylic acid groups (broad SMARTS) is 1. The van der Waals surface area contributed by atoms with Crippen LogP contribution in [0.15, 0.2) is 48.5 Å². The molecule has 328 valence electrons. The van der Waals surface area contributed by atoms with Gasteiger partial charge in [0.1, 0.15) is 5.75 Å². The zero-order chi connectivity index (χ0) is 42.5. The van der Waals surface area contributed by atoms with Crippen molar-refractivity contribution in [2.24, 2.45) is 0 Å². The SMILES string of the molecule is CCCCCCCCCCCCCCCCC(C(=O)Oc1ccc([N+](=O)[O-])cc1)c1ccc([N+](=O)[O-])cc1.CCCCCCCCCCCCCCCCCC(=O)O.